The SMILES string of the molecule is CCCCC(CC)CNC(=O)c1ccc(C)cc1F. The van der Waals surface area contributed by atoms with Crippen LogP contribution < -0.4 is 5.32 Å². The number of rotatable bonds is 7. The third kappa shape index (κ3) is 5.01. The molecule has 0 heterocycles. The molecule has 1 N–H and O–H groups in total. The molecular formula is C16H24FNO. The summed E-state index contributed by atoms with van der Waals surface area (Å²) in [6, 6.07) is 4.70. The molecule has 0 saturated carbocycles. The first-order valence-corrected chi connectivity index (χ1v) is 7.12. The summed E-state index contributed by atoms with van der Waals surface area (Å²) < 4.78 is 13.6. The number of hydrogen-bond acceptors (Lipinski definition) is 1. The molecule has 0 bridgehead atoms. The first kappa shape index (κ1) is 15.7. The molecule has 0 aliphatic carbocycles. The minimum absolute atomic E-state index is 0.135. The van der Waals surface area contributed by atoms with Crippen LogP contribution in [0.2, 0.25) is 0 Å². The van der Waals surface area contributed by atoms with Crippen LogP contribution in [0.15, 0.2) is 18.2 Å². The third-order valence-electron chi connectivity index (χ3n) is 3.46. The molecule has 2 nitrogen and oxygen atoms in total. The Kier molecular flexibility index (Phi) is 6.54. The smallest absolute Gasteiger partial charge is 0.254 e. The van der Waals surface area contributed by atoms with Gasteiger partial charge in [0.25, 0.3) is 5.91 Å². The molecule has 0 aliphatic rings. The lowest BCUT2D eigenvalue weighted by Crippen LogP contribution is -2.29. The molecule has 1 aromatic carbocycles. The van der Waals surface area contributed by atoms with E-state index in [9.17, 15) is 9.18 Å². The largest absolute Gasteiger partial charge is 0.352 e. The van der Waals surface area contributed by atoms with Gasteiger partial charge in [-0.05, 0) is 37.0 Å². The summed E-state index contributed by atoms with van der Waals surface area (Å²) in [5.74, 6) is -0.274. The Bertz CT molecular complexity index is 417. The van der Waals surface area contributed by atoms with Crippen molar-refractivity contribution < 1.29 is 9.18 Å². The van der Waals surface area contributed by atoms with E-state index in [1.165, 1.54) is 12.5 Å². The van der Waals surface area contributed by atoms with E-state index in [1.807, 2.05) is 6.92 Å². The second kappa shape index (κ2) is 7.93. The van der Waals surface area contributed by atoms with Crippen molar-refractivity contribution in [3.8, 4) is 0 Å². The van der Waals surface area contributed by atoms with Gasteiger partial charge in [-0.15, -0.1) is 0 Å². The fraction of sp³-hybridized carbons (Fsp3) is 0.562. The average molecular weight is 265 g/mol. The van der Waals surface area contributed by atoms with Gasteiger partial charge in [-0.1, -0.05) is 39.2 Å². The second-order valence-corrected chi connectivity index (χ2v) is 5.11. The average Bonchev–Trinajstić information content (AvgIpc) is 2.38. The summed E-state index contributed by atoms with van der Waals surface area (Å²) >= 11 is 0. The zero-order valence-electron chi connectivity index (χ0n) is 12.1. The lowest BCUT2D eigenvalue weighted by atomic mass is 9.99. The number of nitrogens with one attached hydrogen (secondary N) is 1. The van der Waals surface area contributed by atoms with Gasteiger partial charge in [0.1, 0.15) is 5.82 Å². The van der Waals surface area contributed by atoms with Crippen LogP contribution in [0.4, 0.5) is 4.39 Å². The summed E-state index contributed by atoms with van der Waals surface area (Å²) in [4.78, 5) is 11.9. The number of halogens is 1. The number of amides is 1. The highest BCUT2D eigenvalue weighted by molar-refractivity contribution is 5.94. The van der Waals surface area contributed by atoms with Gasteiger partial charge in [0, 0.05) is 6.54 Å². The van der Waals surface area contributed by atoms with E-state index in [-0.39, 0.29) is 11.5 Å². The van der Waals surface area contributed by atoms with E-state index < -0.39 is 5.82 Å². The molecule has 0 fully saturated rings. The van der Waals surface area contributed by atoms with E-state index >= 15 is 0 Å². The molecule has 1 rings (SSSR count). The zero-order chi connectivity index (χ0) is 14.3. The van der Waals surface area contributed by atoms with Gasteiger partial charge in [0.15, 0.2) is 0 Å². The van der Waals surface area contributed by atoms with Crippen molar-refractivity contribution in [2.75, 3.05) is 6.54 Å². The summed E-state index contributed by atoms with van der Waals surface area (Å²) in [6.45, 7) is 6.72. The predicted octanol–water partition coefficient (Wildman–Crippen LogP) is 4.08. The van der Waals surface area contributed by atoms with Crippen LogP contribution in [0.25, 0.3) is 0 Å². The molecule has 3 heteroatoms. The van der Waals surface area contributed by atoms with Gasteiger partial charge in [0.05, 0.1) is 5.56 Å². The highest BCUT2D eigenvalue weighted by atomic mass is 19.1. The standard InChI is InChI=1S/C16H24FNO/c1-4-6-7-13(5-2)11-18-16(19)14-9-8-12(3)10-15(14)17/h8-10,13H,4-7,11H2,1-3H3,(H,18,19). The monoisotopic (exact) mass is 265 g/mol. The van der Waals surface area contributed by atoms with Crippen molar-refractivity contribution in [2.45, 2.75) is 46.5 Å². The number of carbonyl (C=O) groups is 1. The van der Waals surface area contributed by atoms with Crippen molar-refractivity contribution >= 4 is 5.91 Å². The van der Waals surface area contributed by atoms with Gasteiger partial charge in [-0.3, -0.25) is 4.79 Å². The first-order valence-electron chi connectivity index (χ1n) is 7.12. The molecule has 0 aliphatic heterocycles. The topological polar surface area (TPSA) is 29.1 Å². The minimum atomic E-state index is -0.445. The van der Waals surface area contributed by atoms with Gasteiger partial charge in [0.2, 0.25) is 0 Å². The number of hydrogen-bond donors (Lipinski definition) is 1. The molecule has 1 aromatic rings. The summed E-state index contributed by atoms with van der Waals surface area (Å²) in [7, 11) is 0. The fourth-order valence-corrected chi connectivity index (χ4v) is 2.08. The summed E-state index contributed by atoms with van der Waals surface area (Å²) in [5.41, 5.74) is 0.958. The Morgan fingerprint density at radius 1 is 1.37 bits per heavy atom. The maximum absolute atomic E-state index is 13.6. The van der Waals surface area contributed by atoms with Crippen LogP contribution >= 0.6 is 0 Å². The van der Waals surface area contributed by atoms with Crippen LogP contribution in [0.1, 0.15) is 55.5 Å². The van der Waals surface area contributed by atoms with E-state index in [0.29, 0.717) is 12.5 Å². The Morgan fingerprint density at radius 2 is 2.11 bits per heavy atom. The van der Waals surface area contributed by atoms with Crippen molar-refractivity contribution in [3.05, 3.63) is 35.1 Å². The lowest BCUT2D eigenvalue weighted by molar-refractivity contribution is 0.0942. The van der Waals surface area contributed by atoms with E-state index in [0.717, 1.165) is 24.8 Å². The predicted molar refractivity (Wildman–Crippen MR) is 76.8 cm³/mol. The molecule has 0 radical (unpaired) electrons. The minimum Gasteiger partial charge on any atom is -0.352 e. The third-order valence-corrected chi connectivity index (χ3v) is 3.46. The number of benzene rings is 1. The molecular weight excluding hydrogens is 241 g/mol. The molecule has 1 amide bonds. The highest BCUT2D eigenvalue weighted by Gasteiger charge is 2.13. The lowest BCUT2D eigenvalue weighted by Gasteiger charge is -2.15. The van der Waals surface area contributed by atoms with Crippen LogP contribution in [0.3, 0.4) is 0 Å². The second-order valence-electron chi connectivity index (χ2n) is 5.11. The van der Waals surface area contributed by atoms with Crippen LogP contribution in [-0.4, -0.2) is 12.5 Å². The Hall–Kier alpha value is -1.38. The van der Waals surface area contributed by atoms with Gasteiger partial charge in [-0.2, -0.15) is 0 Å². The number of carbonyl (C=O) groups excluding carboxylic acids is 1. The quantitative estimate of drug-likeness (QED) is 0.790. The molecule has 0 aromatic heterocycles. The van der Waals surface area contributed by atoms with Crippen molar-refractivity contribution in [2.24, 2.45) is 5.92 Å². The zero-order valence-corrected chi connectivity index (χ0v) is 12.1. The Morgan fingerprint density at radius 3 is 2.68 bits per heavy atom. The van der Waals surface area contributed by atoms with E-state index in [4.69, 9.17) is 0 Å². The van der Waals surface area contributed by atoms with Crippen molar-refractivity contribution in [1.29, 1.82) is 0 Å². The van der Waals surface area contributed by atoms with Gasteiger partial charge in [-0.25, -0.2) is 4.39 Å². The van der Waals surface area contributed by atoms with Crippen LogP contribution in [0, 0.1) is 18.7 Å². The Balaban J connectivity index is 2.54. The summed E-state index contributed by atoms with van der Waals surface area (Å²) in [6.07, 6.45) is 4.49. The van der Waals surface area contributed by atoms with Crippen LogP contribution in [0.5, 0.6) is 0 Å². The molecule has 0 saturated heterocycles. The van der Waals surface area contributed by atoms with Gasteiger partial charge < -0.3 is 5.32 Å². The molecule has 1 atom stereocenters. The first-order chi connectivity index (χ1) is 9.08. The number of unbranched alkanes of at least 4 members (excludes halogenated alkanes) is 1. The maximum atomic E-state index is 13.6. The fourth-order valence-electron chi connectivity index (χ4n) is 2.08. The normalized spacial score (nSPS) is 12.2. The number of aryl methyl sites for hydroxylation is 1. The van der Waals surface area contributed by atoms with Crippen molar-refractivity contribution in [1.82, 2.24) is 5.32 Å². The highest BCUT2D eigenvalue weighted by Crippen LogP contribution is 2.13. The molecule has 106 valence electrons. The molecule has 0 spiro atoms. The van der Waals surface area contributed by atoms with Crippen LogP contribution in [-0.2, 0) is 0 Å². The maximum Gasteiger partial charge on any atom is 0.254 e. The molecule has 1 unspecified atom stereocenters. The molecule has 19 heavy (non-hydrogen) atoms. The van der Waals surface area contributed by atoms with E-state index in [2.05, 4.69) is 19.2 Å². The van der Waals surface area contributed by atoms with Crippen molar-refractivity contribution in [3.63, 3.8) is 0 Å². The Labute approximate surface area is 115 Å². The van der Waals surface area contributed by atoms with E-state index in [1.54, 1.807) is 12.1 Å². The summed E-state index contributed by atoms with van der Waals surface area (Å²) in [5, 5.41) is 2.84. The van der Waals surface area contributed by atoms with Gasteiger partial charge >= 0.3 is 0 Å².